The lowest BCUT2D eigenvalue weighted by Crippen LogP contribution is -2.38. The van der Waals surface area contributed by atoms with Crippen LogP contribution in [-0.4, -0.2) is 54.1 Å². The molecule has 1 amide bonds. The molecule has 0 aliphatic carbocycles. The highest BCUT2D eigenvalue weighted by atomic mass is 32.1. The maximum Gasteiger partial charge on any atom is 0.272 e. The minimum atomic E-state index is -0.0315. The van der Waals surface area contributed by atoms with E-state index in [4.69, 9.17) is 9.72 Å². The molecule has 2 heterocycles. The van der Waals surface area contributed by atoms with E-state index in [2.05, 4.69) is 30.7 Å². The van der Waals surface area contributed by atoms with Crippen molar-refractivity contribution in [2.24, 2.45) is 0 Å². The number of aromatic nitrogens is 2. The van der Waals surface area contributed by atoms with Crippen LogP contribution in [0.2, 0.25) is 0 Å². The summed E-state index contributed by atoms with van der Waals surface area (Å²) in [6, 6.07) is 3.96. The van der Waals surface area contributed by atoms with Crippen LogP contribution in [0.25, 0.3) is 10.2 Å². The number of nitrogens with zero attached hydrogens (tertiary/aromatic N) is 4. The molecule has 0 saturated carbocycles. The first-order valence-electron chi connectivity index (χ1n) is 9.81. The van der Waals surface area contributed by atoms with Crippen molar-refractivity contribution in [3.05, 3.63) is 33.3 Å². The Morgan fingerprint density at radius 1 is 1.07 bits per heavy atom. The molecule has 29 heavy (non-hydrogen) atoms. The number of carbonyl (C=O) groups excluding carboxylic acids is 1. The third-order valence-electron chi connectivity index (χ3n) is 5.02. The maximum absolute atomic E-state index is 13.5. The maximum atomic E-state index is 13.5. The lowest BCUT2D eigenvalue weighted by molar-refractivity contribution is 0.0987. The van der Waals surface area contributed by atoms with E-state index in [1.165, 1.54) is 11.3 Å². The van der Waals surface area contributed by atoms with Crippen molar-refractivity contribution in [3.63, 3.8) is 0 Å². The van der Waals surface area contributed by atoms with E-state index >= 15 is 0 Å². The van der Waals surface area contributed by atoms with Gasteiger partial charge in [0, 0.05) is 13.1 Å². The van der Waals surface area contributed by atoms with Crippen LogP contribution in [-0.2, 0) is 0 Å². The molecule has 0 fully saturated rings. The predicted octanol–water partition coefficient (Wildman–Crippen LogP) is 4.68. The van der Waals surface area contributed by atoms with Gasteiger partial charge in [-0.05, 0) is 45.5 Å². The number of hydrogen-bond acceptors (Lipinski definition) is 7. The number of methoxy groups -OCH3 is 1. The fourth-order valence-electron chi connectivity index (χ4n) is 3.30. The first kappa shape index (κ1) is 21.7. The molecule has 3 aromatic rings. The number of thiazole rings is 2. The Kier molecular flexibility index (Phi) is 6.87. The number of rotatable bonds is 8. The molecular weight excluding hydrogens is 404 g/mol. The van der Waals surface area contributed by atoms with Crippen molar-refractivity contribution < 1.29 is 9.53 Å². The smallest absolute Gasteiger partial charge is 0.272 e. The summed E-state index contributed by atoms with van der Waals surface area (Å²) < 4.78 is 6.55. The van der Waals surface area contributed by atoms with Gasteiger partial charge in [0.15, 0.2) is 5.13 Å². The Hall–Kier alpha value is -2.03. The van der Waals surface area contributed by atoms with Crippen LogP contribution in [0, 0.1) is 20.8 Å². The Balaban J connectivity index is 2.05. The lowest BCUT2D eigenvalue weighted by Gasteiger charge is -2.24. The molecule has 0 aliphatic rings. The minimum Gasteiger partial charge on any atom is -0.494 e. The van der Waals surface area contributed by atoms with Crippen LogP contribution in [0.1, 0.15) is 39.8 Å². The molecule has 0 radical (unpaired) electrons. The van der Waals surface area contributed by atoms with Gasteiger partial charge >= 0.3 is 0 Å². The van der Waals surface area contributed by atoms with Crippen molar-refractivity contribution >= 4 is 43.9 Å². The molecule has 0 saturated heterocycles. The first-order valence-corrected chi connectivity index (χ1v) is 11.4. The fourth-order valence-corrected chi connectivity index (χ4v) is 5.24. The summed E-state index contributed by atoms with van der Waals surface area (Å²) in [7, 11) is 1.65. The number of carbonyl (C=O) groups is 1. The second-order valence-electron chi connectivity index (χ2n) is 6.89. The van der Waals surface area contributed by atoms with Crippen molar-refractivity contribution in [2.45, 2.75) is 34.6 Å². The van der Waals surface area contributed by atoms with Gasteiger partial charge in [-0.3, -0.25) is 9.69 Å². The number of likely N-dealkylation sites (N-methyl/N-ethyl adjacent to an activating group) is 1. The minimum absolute atomic E-state index is 0.0315. The molecule has 0 spiro atoms. The molecule has 8 heteroatoms. The Morgan fingerprint density at radius 2 is 1.79 bits per heavy atom. The van der Waals surface area contributed by atoms with Crippen molar-refractivity contribution in [2.75, 3.05) is 38.2 Å². The van der Waals surface area contributed by atoms with Crippen molar-refractivity contribution in [1.29, 1.82) is 0 Å². The highest BCUT2D eigenvalue weighted by Gasteiger charge is 2.26. The predicted molar refractivity (Wildman–Crippen MR) is 122 cm³/mol. The van der Waals surface area contributed by atoms with Gasteiger partial charge in [-0.25, -0.2) is 9.97 Å². The number of aryl methyl sites for hydroxylation is 3. The highest BCUT2D eigenvalue weighted by Crippen LogP contribution is 2.37. The van der Waals surface area contributed by atoms with Crippen LogP contribution in [0.4, 0.5) is 5.13 Å². The summed E-state index contributed by atoms with van der Waals surface area (Å²) in [6.07, 6.45) is 0. The Bertz CT molecular complexity index is 1010. The molecule has 0 atom stereocenters. The fraction of sp³-hybridized carbons (Fsp3) is 0.476. The molecule has 0 N–H and O–H groups in total. The summed E-state index contributed by atoms with van der Waals surface area (Å²) >= 11 is 2.99. The summed E-state index contributed by atoms with van der Waals surface area (Å²) in [6.45, 7) is 13.4. The van der Waals surface area contributed by atoms with E-state index in [0.29, 0.717) is 16.6 Å². The monoisotopic (exact) mass is 432 g/mol. The third-order valence-corrected chi connectivity index (χ3v) is 7.29. The number of benzene rings is 1. The molecule has 0 bridgehead atoms. The SMILES string of the molecule is CCN(CC)CCN(C(=O)c1sc(C)nc1C)c1nc2c(OC)ccc(C)c2s1. The zero-order chi connectivity index (χ0) is 21.1. The van der Waals surface area contributed by atoms with Crippen molar-refractivity contribution in [3.8, 4) is 5.75 Å². The lowest BCUT2D eigenvalue weighted by atomic mass is 10.2. The molecule has 3 rings (SSSR count). The highest BCUT2D eigenvalue weighted by molar-refractivity contribution is 7.22. The number of ether oxygens (including phenoxy) is 1. The number of fused-ring (bicyclic) bond motifs is 1. The molecule has 2 aromatic heterocycles. The summed E-state index contributed by atoms with van der Waals surface area (Å²) in [4.78, 5) is 27.6. The van der Waals surface area contributed by atoms with Crippen LogP contribution in [0.5, 0.6) is 5.75 Å². The van der Waals surface area contributed by atoms with Gasteiger partial charge < -0.3 is 9.64 Å². The van der Waals surface area contributed by atoms with Crippen LogP contribution in [0.15, 0.2) is 12.1 Å². The van der Waals surface area contributed by atoms with E-state index < -0.39 is 0 Å². The topological polar surface area (TPSA) is 58.6 Å². The van der Waals surface area contributed by atoms with E-state index in [1.807, 2.05) is 30.9 Å². The molecule has 0 aliphatic heterocycles. The largest absolute Gasteiger partial charge is 0.494 e. The average molecular weight is 433 g/mol. The molecule has 1 aromatic carbocycles. The quantitative estimate of drug-likeness (QED) is 0.517. The standard InChI is InChI=1S/C21H28N4O2S2/c1-7-24(8-2)11-12-25(20(26)19-14(4)22-15(5)28-19)21-23-17-16(27-6)10-9-13(3)18(17)29-21/h9-10H,7-8,11-12H2,1-6H3. The normalized spacial score (nSPS) is 11.4. The van der Waals surface area contributed by atoms with Gasteiger partial charge in [-0.1, -0.05) is 31.3 Å². The molecular formula is C21H28N4O2S2. The zero-order valence-corrected chi connectivity index (χ0v) is 19.5. The molecule has 6 nitrogen and oxygen atoms in total. The van der Waals surface area contributed by atoms with Gasteiger partial charge in [-0.2, -0.15) is 0 Å². The first-order chi connectivity index (χ1) is 13.9. The van der Waals surface area contributed by atoms with Crippen LogP contribution >= 0.6 is 22.7 Å². The third kappa shape index (κ3) is 4.44. The average Bonchev–Trinajstić information content (AvgIpc) is 3.29. The van der Waals surface area contributed by atoms with Gasteiger partial charge in [0.25, 0.3) is 5.91 Å². The second kappa shape index (κ2) is 9.19. The number of hydrogen-bond donors (Lipinski definition) is 0. The van der Waals surface area contributed by atoms with Gasteiger partial charge in [0.05, 0.1) is 22.5 Å². The van der Waals surface area contributed by atoms with E-state index in [1.54, 1.807) is 18.4 Å². The number of anilines is 1. The van der Waals surface area contributed by atoms with Gasteiger partial charge in [0.2, 0.25) is 0 Å². The van der Waals surface area contributed by atoms with E-state index in [-0.39, 0.29) is 5.91 Å². The van der Waals surface area contributed by atoms with Crippen LogP contribution < -0.4 is 9.64 Å². The van der Waals surface area contributed by atoms with Gasteiger partial charge in [0.1, 0.15) is 16.1 Å². The zero-order valence-electron chi connectivity index (χ0n) is 17.9. The summed E-state index contributed by atoms with van der Waals surface area (Å²) in [5, 5.41) is 1.60. The number of amides is 1. The molecule has 0 unspecified atom stereocenters. The molecule has 156 valence electrons. The van der Waals surface area contributed by atoms with Crippen molar-refractivity contribution in [1.82, 2.24) is 14.9 Å². The Labute approximate surface area is 180 Å². The van der Waals surface area contributed by atoms with Gasteiger partial charge in [-0.15, -0.1) is 11.3 Å². The summed E-state index contributed by atoms with van der Waals surface area (Å²) in [5.74, 6) is 0.699. The second-order valence-corrected chi connectivity index (χ2v) is 9.07. The Morgan fingerprint density at radius 3 is 2.38 bits per heavy atom. The van der Waals surface area contributed by atoms with Crippen LogP contribution in [0.3, 0.4) is 0 Å². The van der Waals surface area contributed by atoms with E-state index in [0.717, 1.165) is 51.9 Å². The summed E-state index contributed by atoms with van der Waals surface area (Å²) in [5.41, 5.74) is 2.72. The van der Waals surface area contributed by atoms with E-state index in [9.17, 15) is 4.79 Å².